The molecular weight excluding hydrogens is 382 g/mol. The van der Waals surface area contributed by atoms with Gasteiger partial charge in [0.1, 0.15) is 17.4 Å². The van der Waals surface area contributed by atoms with E-state index >= 15 is 0 Å². The number of hydrogen-bond acceptors (Lipinski definition) is 4. The second-order valence-electron chi connectivity index (χ2n) is 6.34. The van der Waals surface area contributed by atoms with Gasteiger partial charge in [-0.2, -0.15) is 0 Å². The number of nitrogens with zero attached hydrogens (tertiary/aromatic N) is 2. The van der Waals surface area contributed by atoms with E-state index in [4.69, 9.17) is 4.74 Å². The van der Waals surface area contributed by atoms with Gasteiger partial charge in [-0.3, -0.25) is 9.36 Å². The van der Waals surface area contributed by atoms with Crippen molar-refractivity contribution in [3.8, 4) is 5.75 Å². The maximum absolute atomic E-state index is 13.8. The third-order valence-electron chi connectivity index (χ3n) is 4.50. The van der Waals surface area contributed by atoms with Crippen LogP contribution in [0.5, 0.6) is 5.75 Å². The molecule has 0 atom stereocenters. The molecule has 3 rings (SSSR count). The first-order chi connectivity index (χ1) is 13.4. The van der Waals surface area contributed by atoms with Gasteiger partial charge in [-0.05, 0) is 36.8 Å². The van der Waals surface area contributed by atoms with Crippen molar-refractivity contribution in [1.82, 2.24) is 9.55 Å². The first-order valence-corrected chi connectivity index (χ1v) is 9.64. The summed E-state index contributed by atoms with van der Waals surface area (Å²) >= 11 is 1.13. The van der Waals surface area contributed by atoms with Crippen molar-refractivity contribution in [2.75, 3.05) is 7.11 Å². The molecule has 0 fully saturated rings. The van der Waals surface area contributed by atoms with Gasteiger partial charge in [-0.15, -0.1) is 0 Å². The normalized spacial score (nSPS) is 10.9. The molecule has 0 bridgehead atoms. The van der Waals surface area contributed by atoms with E-state index in [1.165, 1.54) is 22.8 Å². The zero-order valence-electron chi connectivity index (χ0n) is 15.8. The summed E-state index contributed by atoms with van der Waals surface area (Å²) in [5.74, 6) is -0.412. The van der Waals surface area contributed by atoms with E-state index in [1.54, 1.807) is 21.1 Å². The fraction of sp³-hybridized carbons (Fsp3) is 0.238. The summed E-state index contributed by atoms with van der Waals surface area (Å²) in [4.78, 5) is 17.3. The summed E-state index contributed by atoms with van der Waals surface area (Å²) in [7, 11) is 3.22. The van der Waals surface area contributed by atoms with Gasteiger partial charge in [-0.1, -0.05) is 30.0 Å². The molecule has 0 spiro atoms. The second kappa shape index (κ2) is 8.56. The van der Waals surface area contributed by atoms with Crippen molar-refractivity contribution in [1.29, 1.82) is 0 Å². The third-order valence-corrected chi connectivity index (χ3v) is 5.55. The Morgan fingerprint density at radius 2 is 1.71 bits per heavy atom. The Labute approximate surface area is 166 Å². The highest BCUT2D eigenvalue weighted by Crippen LogP contribution is 2.24. The van der Waals surface area contributed by atoms with Crippen LogP contribution >= 0.6 is 11.8 Å². The lowest BCUT2D eigenvalue weighted by Gasteiger charge is -2.13. The zero-order chi connectivity index (χ0) is 20.3. The SMILES string of the molecule is COc1ccc(Cc2c(C)nc(SCc3c(F)cccc3F)n(C)c2=O)cc1. The van der Waals surface area contributed by atoms with Crippen LogP contribution < -0.4 is 10.3 Å². The average molecular weight is 402 g/mol. The molecule has 146 valence electrons. The second-order valence-corrected chi connectivity index (χ2v) is 7.28. The molecular formula is C21H20F2N2O2S. The fourth-order valence-electron chi connectivity index (χ4n) is 2.82. The number of aryl methyl sites for hydroxylation is 1. The molecule has 7 heteroatoms. The minimum atomic E-state index is -0.606. The lowest BCUT2D eigenvalue weighted by molar-refractivity contribution is 0.414. The van der Waals surface area contributed by atoms with Crippen molar-refractivity contribution in [3.63, 3.8) is 0 Å². The van der Waals surface area contributed by atoms with Crippen LogP contribution in [0.25, 0.3) is 0 Å². The quantitative estimate of drug-likeness (QED) is 0.457. The van der Waals surface area contributed by atoms with E-state index in [0.717, 1.165) is 23.1 Å². The number of thioether (sulfide) groups is 1. The van der Waals surface area contributed by atoms with Crippen LogP contribution in [0.3, 0.4) is 0 Å². The third kappa shape index (κ3) is 4.25. The van der Waals surface area contributed by atoms with Gasteiger partial charge >= 0.3 is 0 Å². The van der Waals surface area contributed by atoms with Gasteiger partial charge in [0.05, 0.1) is 7.11 Å². The number of hydrogen-bond donors (Lipinski definition) is 0. The van der Waals surface area contributed by atoms with Crippen LogP contribution in [0.1, 0.15) is 22.4 Å². The molecule has 0 amide bonds. The predicted octanol–water partition coefficient (Wildman–Crippen LogP) is 4.26. The first-order valence-electron chi connectivity index (χ1n) is 8.65. The van der Waals surface area contributed by atoms with E-state index in [2.05, 4.69) is 4.98 Å². The topological polar surface area (TPSA) is 44.1 Å². The molecule has 4 nitrogen and oxygen atoms in total. The van der Waals surface area contributed by atoms with Crippen molar-refractivity contribution >= 4 is 11.8 Å². The van der Waals surface area contributed by atoms with E-state index < -0.39 is 11.6 Å². The molecule has 2 aromatic carbocycles. The lowest BCUT2D eigenvalue weighted by Crippen LogP contribution is -2.25. The van der Waals surface area contributed by atoms with E-state index in [9.17, 15) is 13.6 Å². The highest BCUT2D eigenvalue weighted by Gasteiger charge is 2.15. The number of methoxy groups -OCH3 is 1. The zero-order valence-corrected chi connectivity index (χ0v) is 16.6. The van der Waals surface area contributed by atoms with Crippen LogP contribution in [-0.4, -0.2) is 16.7 Å². The van der Waals surface area contributed by atoms with Gasteiger partial charge < -0.3 is 4.74 Å². The molecule has 0 aliphatic carbocycles. The Hall–Kier alpha value is -2.67. The molecule has 0 saturated carbocycles. The molecule has 0 aliphatic heterocycles. The van der Waals surface area contributed by atoms with Crippen LogP contribution in [0.2, 0.25) is 0 Å². The summed E-state index contributed by atoms with van der Waals surface area (Å²) < 4.78 is 34.2. The predicted molar refractivity (Wildman–Crippen MR) is 106 cm³/mol. The van der Waals surface area contributed by atoms with Gasteiger partial charge in [0.2, 0.25) is 0 Å². The minimum absolute atomic E-state index is 0.0262. The van der Waals surface area contributed by atoms with Crippen LogP contribution in [0, 0.1) is 18.6 Å². The molecule has 0 saturated heterocycles. The smallest absolute Gasteiger partial charge is 0.257 e. The molecule has 1 heterocycles. The molecule has 3 aromatic rings. The van der Waals surface area contributed by atoms with Crippen LogP contribution in [-0.2, 0) is 19.2 Å². The number of aromatic nitrogens is 2. The number of halogens is 2. The largest absolute Gasteiger partial charge is 0.497 e. The van der Waals surface area contributed by atoms with E-state index in [-0.39, 0.29) is 16.9 Å². The Kier molecular flexibility index (Phi) is 6.14. The summed E-state index contributed by atoms with van der Waals surface area (Å²) in [6.07, 6.45) is 0.447. The van der Waals surface area contributed by atoms with Gasteiger partial charge in [-0.25, -0.2) is 13.8 Å². The maximum Gasteiger partial charge on any atom is 0.257 e. The average Bonchev–Trinajstić information content (AvgIpc) is 2.69. The lowest BCUT2D eigenvalue weighted by atomic mass is 10.1. The van der Waals surface area contributed by atoms with Crippen LogP contribution in [0.15, 0.2) is 52.4 Å². The number of benzene rings is 2. The highest BCUT2D eigenvalue weighted by molar-refractivity contribution is 7.98. The number of ether oxygens (including phenoxy) is 1. The van der Waals surface area contributed by atoms with Gasteiger partial charge in [0.15, 0.2) is 5.16 Å². The summed E-state index contributed by atoms with van der Waals surface area (Å²) in [5, 5.41) is 0.420. The minimum Gasteiger partial charge on any atom is -0.497 e. The standard InChI is InChI=1S/C21H20F2N2O2S/c1-13-16(11-14-7-9-15(27-3)10-8-14)20(26)25(2)21(24-13)28-12-17-18(22)5-4-6-19(17)23/h4-10H,11-12H2,1-3H3. The highest BCUT2D eigenvalue weighted by atomic mass is 32.2. The van der Waals surface area contributed by atoms with Crippen LogP contribution in [0.4, 0.5) is 8.78 Å². The Morgan fingerprint density at radius 3 is 2.32 bits per heavy atom. The summed E-state index contributed by atoms with van der Waals surface area (Å²) in [5.41, 5.74) is 1.97. The first kappa shape index (κ1) is 20.1. The molecule has 1 aromatic heterocycles. The van der Waals surface area contributed by atoms with Crippen molar-refractivity contribution in [3.05, 3.63) is 86.8 Å². The van der Waals surface area contributed by atoms with Crippen molar-refractivity contribution in [2.24, 2.45) is 7.05 Å². The monoisotopic (exact) mass is 402 g/mol. The maximum atomic E-state index is 13.8. The van der Waals surface area contributed by atoms with Crippen molar-refractivity contribution in [2.45, 2.75) is 24.3 Å². The molecule has 0 unspecified atom stereocenters. The Bertz CT molecular complexity index is 1030. The summed E-state index contributed by atoms with van der Waals surface area (Å²) in [6.45, 7) is 1.77. The fourth-order valence-corrected chi connectivity index (χ4v) is 3.84. The number of rotatable bonds is 6. The van der Waals surface area contributed by atoms with Crippen molar-refractivity contribution < 1.29 is 13.5 Å². The summed E-state index contributed by atoms with van der Waals surface area (Å²) in [6, 6.07) is 11.3. The molecule has 0 radical (unpaired) electrons. The van der Waals surface area contributed by atoms with Gasteiger partial charge in [0.25, 0.3) is 5.56 Å². The van der Waals surface area contributed by atoms with E-state index in [0.29, 0.717) is 22.8 Å². The van der Waals surface area contributed by atoms with Gasteiger partial charge in [0, 0.05) is 36.0 Å². The Morgan fingerprint density at radius 1 is 1.07 bits per heavy atom. The van der Waals surface area contributed by atoms with E-state index in [1.807, 2.05) is 24.3 Å². The molecule has 0 aliphatic rings. The molecule has 0 N–H and O–H groups in total. The Balaban J connectivity index is 1.84. The molecule has 28 heavy (non-hydrogen) atoms.